The standard InChI is InChI=1S/C15H19ClN2/c16-13-3-6-15-12(11-13)7-10-18(15)9-2-1-8-17-14-4-5-14/h3,6-7,10-11,14,17H,1-2,4-5,8-9H2. The maximum atomic E-state index is 5.99. The van der Waals surface area contributed by atoms with Crippen molar-refractivity contribution >= 4 is 22.5 Å². The van der Waals surface area contributed by atoms with E-state index in [2.05, 4.69) is 28.2 Å². The van der Waals surface area contributed by atoms with Crippen molar-refractivity contribution in [3.63, 3.8) is 0 Å². The lowest BCUT2D eigenvalue weighted by Gasteiger charge is -2.06. The molecule has 0 atom stereocenters. The number of unbranched alkanes of at least 4 members (excludes halogenated alkanes) is 1. The van der Waals surface area contributed by atoms with Gasteiger partial charge in [0.25, 0.3) is 0 Å². The Morgan fingerprint density at radius 1 is 1.22 bits per heavy atom. The predicted molar refractivity (Wildman–Crippen MR) is 77.2 cm³/mol. The molecule has 3 heteroatoms. The molecule has 1 saturated carbocycles. The van der Waals surface area contributed by atoms with Gasteiger partial charge in [0.1, 0.15) is 0 Å². The summed E-state index contributed by atoms with van der Waals surface area (Å²) in [6.07, 6.45) is 7.40. The summed E-state index contributed by atoms with van der Waals surface area (Å²) in [5.74, 6) is 0. The van der Waals surface area contributed by atoms with Crippen molar-refractivity contribution in [3.05, 3.63) is 35.5 Å². The molecule has 0 spiro atoms. The summed E-state index contributed by atoms with van der Waals surface area (Å²) < 4.78 is 2.32. The Morgan fingerprint density at radius 3 is 2.94 bits per heavy atom. The SMILES string of the molecule is Clc1ccc2c(ccn2CCCCNC2CC2)c1. The molecule has 18 heavy (non-hydrogen) atoms. The van der Waals surface area contributed by atoms with E-state index in [1.807, 2.05) is 12.1 Å². The molecule has 1 aliphatic carbocycles. The van der Waals surface area contributed by atoms with E-state index < -0.39 is 0 Å². The lowest BCUT2D eigenvalue weighted by atomic mass is 10.2. The first kappa shape index (κ1) is 12.1. The zero-order valence-corrected chi connectivity index (χ0v) is 11.3. The molecule has 0 amide bonds. The molecule has 1 fully saturated rings. The average molecular weight is 263 g/mol. The summed E-state index contributed by atoms with van der Waals surface area (Å²) in [7, 11) is 0. The third-order valence-corrected chi connectivity index (χ3v) is 3.80. The average Bonchev–Trinajstić information content (AvgIpc) is 3.10. The van der Waals surface area contributed by atoms with Crippen LogP contribution in [0.15, 0.2) is 30.5 Å². The van der Waals surface area contributed by atoms with Crippen molar-refractivity contribution in [1.82, 2.24) is 9.88 Å². The Balaban J connectivity index is 1.53. The first-order chi connectivity index (χ1) is 8.83. The Hall–Kier alpha value is -0.990. The minimum absolute atomic E-state index is 0.814. The van der Waals surface area contributed by atoms with Crippen LogP contribution in [0.4, 0.5) is 0 Å². The van der Waals surface area contributed by atoms with Crippen molar-refractivity contribution in [3.8, 4) is 0 Å². The highest BCUT2D eigenvalue weighted by Crippen LogP contribution is 2.21. The van der Waals surface area contributed by atoms with Gasteiger partial charge in [0, 0.05) is 34.7 Å². The quantitative estimate of drug-likeness (QED) is 0.783. The van der Waals surface area contributed by atoms with Crippen molar-refractivity contribution < 1.29 is 0 Å². The van der Waals surface area contributed by atoms with E-state index >= 15 is 0 Å². The van der Waals surface area contributed by atoms with E-state index in [4.69, 9.17) is 11.6 Å². The minimum atomic E-state index is 0.814. The van der Waals surface area contributed by atoms with Crippen molar-refractivity contribution in [2.75, 3.05) is 6.54 Å². The van der Waals surface area contributed by atoms with Crippen molar-refractivity contribution in [2.45, 2.75) is 38.3 Å². The maximum absolute atomic E-state index is 5.99. The van der Waals surface area contributed by atoms with Gasteiger partial charge in [0.2, 0.25) is 0 Å². The van der Waals surface area contributed by atoms with Crippen LogP contribution in [0.25, 0.3) is 10.9 Å². The highest BCUT2D eigenvalue weighted by atomic mass is 35.5. The second-order valence-electron chi connectivity index (χ2n) is 5.15. The fraction of sp³-hybridized carbons (Fsp3) is 0.467. The number of rotatable bonds is 6. The van der Waals surface area contributed by atoms with Gasteiger partial charge in [-0.2, -0.15) is 0 Å². The van der Waals surface area contributed by atoms with Crippen LogP contribution in [0.2, 0.25) is 5.02 Å². The van der Waals surface area contributed by atoms with Crippen molar-refractivity contribution in [1.29, 1.82) is 0 Å². The highest BCUT2D eigenvalue weighted by Gasteiger charge is 2.19. The molecule has 2 aromatic rings. The van der Waals surface area contributed by atoms with Crippen LogP contribution in [0.1, 0.15) is 25.7 Å². The second kappa shape index (κ2) is 5.33. The normalized spacial score (nSPS) is 15.4. The summed E-state index contributed by atoms with van der Waals surface area (Å²) in [5, 5.41) is 5.60. The molecule has 2 nitrogen and oxygen atoms in total. The zero-order chi connectivity index (χ0) is 12.4. The molecule has 0 saturated heterocycles. The van der Waals surface area contributed by atoms with E-state index in [1.54, 1.807) is 0 Å². The van der Waals surface area contributed by atoms with Crippen LogP contribution in [-0.2, 0) is 6.54 Å². The molecule has 0 unspecified atom stereocenters. The number of aryl methyl sites for hydroxylation is 1. The highest BCUT2D eigenvalue weighted by molar-refractivity contribution is 6.31. The first-order valence-electron chi connectivity index (χ1n) is 6.81. The van der Waals surface area contributed by atoms with E-state index in [1.165, 1.54) is 36.6 Å². The molecule has 1 N–H and O–H groups in total. The van der Waals surface area contributed by atoms with Crippen LogP contribution < -0.4 is 5.32 Å². The van der Waals surface area contributed by atoms with Crippen LogP contribution in [0.5, 0.6) is 0 Å². The third kappa shape index (κ3) is 2.88. The van der Waals surface area contributed by atoms with Crippen molar-refractivity contribution in [2.24, 2.45) is 0 Å². The van der Waals surface area contributed by atoms with E-state index in [0.29, 0.717) is 0 Å². The summed E-state index contributed by atoms with van der Waals surface area (Å²) >= 11 is 5.99. The summed E-state index contributed by atoms with van der Waals surface area (Å²) in [6, 6.07) is 9.08. The van der Waals surface area contributed by atoms with Gasteiger partial charge in [-0.1, -0.05) is 11.6 Å². The van der Waals surface area contributed by atoms with Crippen LogP contribution in [0.3, 0.4) is 0 Å². The molecular formula is C15H19ClN2. The lowest BCUT2D eigenvalue weighted by molar-refractivity contribution is 0.575. The van der Waals surface area contributed by atoms with Gasteiger partial charge in [0.15, 0.2) is 0 Å². The molecule has 1 aromatic carbocycles. The smallest absolute Gasteiger partial charge is 0.0481 e. The van der Waals surface area contributed by atoms with Crippen LogP contribution in [-0.4, -0.2) is 17.2 Å². The van der Waals surface area contributed by atoms with Gasteiger partial charge in [-0.05, 0) is 56.5 Å². The second-order valence-corrected chi connectivity index (χ2v) is 5.58. The van der Waals surface area contributed by atoms with Gasteiger partial charge in [-0.3, -0.25) is 0 Å². The molecule has 1 heterocycles. The van der Waals surface area contributed by atoms with Crippen LogP contribution in [0, 0.1) is 0 Å². The van der Waals surface area contributed by atoms with Crippen LogP contribution >= 0.6 is 11.6 Å². The minimum Gasteiger partial charge on any atom is -0.347 e. The number of nitrogens with zero attached hydrogens (tertiary/aromatic N) is 1. The van der Waals surface area contributed by atoms with E-state index in [9.17, 15) is 0 Å². The van der Waals surface area contributed by atoms with Gasteiger partial charge in [0.05, 0.1) is 0 Å². The predicted octanol–water partition coefficient (Wildman–Crippen LogP) is 3.83. The fourth-order valence-corrected chi connectivity index (χ4v) is 2.55. The number of fused-ring (bicyclic) bond motifs is 1. The molecule has 1 aliphatic rings. The number of hydrogen-bond donors (Lipinski definition) is 1. The Kier molecular flexibility index (Phi) is 3.57. The number of aromatic nitrogens is 1. The molecule has 0 aliphatic heterocycles. The summed E-state index contributed by atoms with van der Waals surface area (Å²) in [5.41, 5.74) is 1.29. The first-order valence-corrected chi connectivity index (χ1v) is 7.18. The fourth-order valence-electron chi connectivity index (χ4n) is 2.37. The van der Waals surface area contributed by atoms with E-state index in [0.717, 1.165) is 24.2 Å². The Labute approximate surface area is 113 Å². The number of hydrogen-bond acceptors (Lipinski definition) is 1. The van der Waals surface area contributed by atoms with Gasteiger partial charge in [-0.15, -0.1) is 0 Å². The largest absolute Gasteiger partial charge is 0.347 e. The Bertz CT molecular complexity index is 528. The molecule has 1 aromatic heterocycles. The van der Waals surface area contributed by atoms with E-state index in [-0.39, 0.29) is 0 Å². The molecule has 0 bridgehead atoms. The monoisotopic (exact) mass is 262 g/mol. The Morgan fingerprint density at radius 2 is 2.11 bits per heavy atom. The lowest BCUT2D eigenvalue weighted by Crippen LogP contribution is -2.17. The molecular weight excluding hydrogens is 244 g/mol. The topological polar surface area (TPSA) is 17.0 Å². The number of benzene rings is 1. The molecule has 3 rings (SSSR count). The van der Waals surface area contributed by atoms with Gasteiger partial charge < -0.3 is 9.88 Å². The summed E-state index contributed by atoms with van der Waals surface area (Å²) in [4.78, 5) is 0. The number of halogens is 1. The maximum Gasteiger partial charge on any atom is 0.0481 e. The number of nitrogens with one attached hydrogen (secondary N) is 1. The molecule has 0 radical (unpaired) electrons. The van der Waals surface area contributed by atoms with Gasteiger partial charge >= 0.3 is 0 Å². The van der Waals surface area contributed by atoms with Gasteiger partial charge in [-0.25, -0.2) is 0 Å². The summed E-state index contributed by atoms with van der Waals surface area (Å²) in [6.45, 7) is 2.26. The third-order valence-electron chi connectivity index (χ3n) is 3.57. The molecule has 96 valence electrons. The zero-order valence-electron chi connectivity index (χ0n) is 10.5.